The van der Waals surface area contributed by atoms with Gasteiger partial charge in [0.15, 0.2) is 0 Å². The van der Waals surface area contributed by atoms with Crippen LogP contribution in [0, 0.1) is 6.92 Å². The predicted octanol–water partition coefficient (Wildman–Crippen LogP) is 3.87. The number of rotatable bonds is 5. The number of hydrogen-bond donors (Lipinski definition) is 0. The van der Waals surface area contributed by atoms with Crippen molar-refractivity contribution in [2.24, 2.45) is 0 Å². The molecule has 2 atom stereocenters. The minimum absolute atomic E-state index is 0.332. The maximum atomic E-state index is 13.5. The van der Waals surface area contributed by atoms with Crippen LogP contribution in [0.5, 0.6) is 0 Å². The van der Waals surface area contributed by atoms with E-state index in [0.29, 0.717) is 6.04 Å². The maximum absolute atomic E-state index is 13.5. The van der Waals surface area contributed by atoms with Crippen molar-refractivity contribution in [3.8, 4) is 0 Å². The quantitative estimate of drug-likeness (QED) is 0.773. The molecule has 3 nitrogen and oxygen atoms in total. The zero-order chi connectivity index (χ0) is 17.0. The summed E-state index contributed by atoms with van der Waals surface area (Å²) in [5.41, 5.74) is 2.48. The van der Waals surface area contributed by atoms with Crippen LogP contribution >= 0.6 is 0 Å². The third kappa shape index (κ3) is 3.87. The van der Waals surface area contributed by atoms with Crippen molar-refractivity contribution in [2.75, 3.05) is 6.54 Å². The topological polar surface area (TPSA) is 33.2 Å². The molecule has 0 aliphatic carbocycles. The highest BCUT2D eigenvalue weighted by molar-refractivity contribution is 7.98. The van der Waals surface area contributed by atoms with Crippen molar-refractivity contribution < 1.29 is 4.21 Å². The Balaban J connectivity index is 1.77. The number of piperidine rings is 1. The lowest BCUT2D eigenvalue weighted by atomic mass is 9.98. The van der Waals surface area contributed by atoms with Crippen LogP contribution in [0.4, 0.5) is 0 Å². The average molecular weight is 343 g/mol. The molecule has 4 heteroatoms. The van der Waals surface area contributed by atoms with Gasteiger partial charge < -0.3 is 0 Å². The Kier molecular flexibility index (Phi) is 5.36. The summed E-state index contributed by atoms with van der Waals surface area (Å²) in [6.07, 6.45) is 9.10. The molecule has 0 saturated carbocycles. The van der Waals surface area contributed by atoms with Crippen LogP contribution < -0.4 is 0 Å². The van der Waals surface area contributed by atoms with Gasteiger partial charge in [-0.15, -0.1) is 0 Å². The SMILES string of the molecule is C=S(=O)(c1ccc(C)cc1)N1CCCCC1CCc1ccncc1. The second kappa shape index (κ2) is 7.49. The number of nitrogens with zero attached hydrogens (tertiary/aromatic N) is 2. The van der Waals surface area contributed by atoms with Gasteiger partial charge in [0.25, 0.3) is 0 Å². The molecule has 1 aromatic carbocycles. The van der Waals surface area contributed by atoms with Gasteiger partial charge in [-0.2, -0.15) is 0 Å². The molecule has 128 valence electrons. The number of pyridine rings is 1. The van der Waals surface area contributed by atoms with E-state index in [1.807, 2.05) is 43.6 Å². The van der Waals surface area contributed by atoms with Crippen LogP contribution in [0.3, 0.4) is 0 Å². The second-order valence-corrected chi connectivity index (χ2v) is 8.86. The van der Waals surface area contributed by atoms with Gasteiger partial charge >= 0.3 is 0 Å². The molecule has 0 radical (unpaired) electrons. The number of benzene rings is 1. The van der Waals surface area contributed by atoms with Gasteiger partial charge in [0.05, 0.1) is 9.71 Å². The zero-order valence-electron chi connectivity index (χ0n) is 14.4. The number of hydrogen-bond acceptors (Lipinski definition) is 2. The molecule has 24 heavy (non-hydrogen) atoms. The zero-order valence-corrected chi connectivity index (χ0v) is 15.2. The van der Waals surface area contributed by atoms with Crippen LogP contribution in [0.25, 0.3) is 0 Å². The first-order valence-electron chi connectivity index (χ1n) is 8.67. The van der Waals surface area contributed by atoms with Gasteiger partial charge in [-0.3, -0.25) is 4.98 Å². The Labute approximate surface area is 145 Å². The summed E-state index contributed by atoms with van der Waals surface area (Å²) in [4.78, 5) is 4.93. The van der Waals surface area contributed by atoms with E-state index in [9.17, 15) is 4.21 Å². The molecule has 0 N–H and O–H groups in total. The van der Waals surface area contributed by atoms with Crippen LogP contribution in [0.15, 0.2) is 53.7 Å². The Morgan fingerprint density at radius 3 is 2.58 bits per heavy atom. The summed E-state index contributed by atoms with van der Waals surface area (Å²) >= 11 is 0. The largest absolute Gasteiger partial charge is 0.265 e. The van der Waals surface area contributed by atoms with Crippen LogP contribution in [-0.4, -0.2) is 32.0 Å². The molecule has 0 spiro atoms. The van der Waals surface area contributed by atoms with E-state index in [0.717, 1.165) is 37.1 Å². The third-order valence-corrected chi connectivity index (χ3v) is 7.10. The smallest absolute Gasteiger partial charge is 0.0561 e. The van der Waals surface area contributed by atoms with Crippen molar-refractivity contribution >= 4 is 15.6 Å². The minimum Gasteiger partial charge on any atom is -0.265 e. The molecule has 1 aliphatic heterocycles. The van der Waals surface area contributed by atoms with Crippen LogP contribution in [0.1, 0.15) is 36.8 Å². The summed E-state index contributed by atoms with van der Waals surface area (Å²) in [5.74, 6) is 4.14. The van der Waals surface area contributed by atoms with E-state index in [-0.39, 0.29) is 0 Å². The summed E-state index contributed by atoms with van der Waals surface area (Å²) in [7, 11) is -2.41. The molecule has 1 saturated heterocycles. The highest BCUT2D eigenvalue weighted by Gasteiger charge is 2.29. The molecule has 2 aromatic rings. The maximum Gasteiger partial charge on any atom is 0.0561 e. The number of aryl methyl sites for hydroxylation is 2. The van der Waals surface area contributed by atoms with Gasteiger partial charge in [-0.25, -0.2) is 8.51 Å². The lowest BCUT2D eigenvalue weighted by molar-refractivity contribution is 0.251. The molecule has 2 heterocycles. The normalized spacial score (nSPS) is 21.3. The van der Waals surface area contributed by atoms with Crippen molar-refractivity contribution in [3.05, 3.63) is 59.9 Å². The van der Waals surface area contributed by atoms with Crippen molar-refractivity contribution in [3.63, 3.8) is 0 Å². The standard InChI is InChI=1S/C20H26N2OS/c1-17-6-10-20(11-7-17)24(2,23)22-16-4-3-5-19(22)9-8-18-12-14-21-15-13-18/h6-7,10-15,19H,2-5,8-9,16H2,1H3. The lowest BCUT2D eigenvalue weighted by Gasteiger charge is -2.38. The van der Waals surface area contributed by atoms with E-state index < -0.39 is 9.71 Å². The first-order chi connectivity index (χ1) is 11.6. The lowest BCUT2D eigenvalue weighted by Crippen LogP contribution is -2.43. The molecule has 0 bridgehead atoms. The molecular weight excluding hydrogens is 316 g/mol. The molecule has 0 amide bonds. The Morgan fingerprint density at radius 2 is 1.88 bits per heavy atom. The van der Waals surface area contributed by atoms with E-state index >= 15 is 0 Å². The van der Waals surface area contributed by atoms with E-state index in [2.05, 4.69) is 27.3 Å². The van der Waals surface area contributed by atoms with E-state index in [1.165, 1.54) is 17.5 Å². The third-order valence-electron chi connectivity index (χ3n) is 4.86. The van der Waals surface area contributed by atoms with Crippen molar-refractivity contribution in [1.29, 1.82) is 0 Å². The average Bonchev–Trinajstić information content (AvgIpc) is 2.61. The van der Waals surface area contributed by atoms with Crippen LogP contribution in [-0.2, 0) is 16.1 Å². The summed E-state index contributed by atoms with van der Waals surface area (Å²) in [6, 6.07) is 12.5. The van der Waals surface area contributed by atoms with Gasteiger partial charge in [-0.05, 0) is 68.3 Å². The monoisotopic (exact) mass is 342 g/mol. The van der Waals surface area contributed by atoms with Gasteiger partial charge in [-0.1, -0.05) is 24.1 Å². The van der Waals surface area contributed by atoms with Crippen molar-refractivity contribution in [1.82, 2.24) is 9.29 Å². The first kappa shape index (κ1) is 17.2. The summed E-state index contributed by atoms with van der Waals surface area (Å²) in [5, 5.41) is 0. The predicted molar refractivity (Wildman–Crippen MR) is 102 cm³/mol. The van der Waals surface area contributed by atoms with Crippen molar-refractivity contribution in [2.45, 2.75) is 50.0 Å². The Morgan fingerprint density at radius 1 is 1.17 bits per heavy atom. The summed E-state index contributed by atoms with van der Waals surface area (Å²) < 4.78 is 15.6. The fourth-order valence-electron chi connectivity index (χ4n) is 3.42. The Hall–Kier alpha value is -1.65. The second-order valence-electron chi connectivity index (χ2n) is 6.64. The first-order valence-corrected chi connectivity index (χ1v) is 10.4. The van der Waals surface area contributed by atoms with E-state index in [4.69, 9.17) is 0 Å². The minimum atomic E-state index is -2.41. The van der Waals surface area contributed by atoms with Gasteiger partial charge in [0.2, 0.25) is 0 Å². The molecule has 1 aromatic heterocycles. The fraction of sp³-hybridized carbons (Fsp3) is 0.400. The highest BCUT2D eigenvalue weighted by Crippen LogP contribution is 2.28. The van der Waals surface area contributed by atoms with Gasteiger partial charge in [0, 0.05) is 29.9 Å². The molecule has 1 fully saturated rings. The molecule has 1 aliphatic rings. The highest BCUT2D eigenvalue weighted by atomic mass is 32.2. The summed E-state index contributed by atoms with van der Waals surface area (Å²) in [6.45, 7) is 2.92. The molecule has 2 unspecified atom stereocenters. The Bertz CT molecular complexity index is 754. The molecule has 3 rings (SSSR count). The van der Waals surface area contributed by atoms with E-state index in [1.54, 1.807) is 0 Å². The number of aromatic nitrogens is 1. The van der Waals surface area contributed by atoms with Crippen LogP contribution in [0.2, 0.25) is 0 Å². The fourth-order valence-corrected chi connectivity index (χ4v) is 5.37. The molecular formula is C20H26N2OS. The van der Waals surface area contributed by atoms with Gasteiger partial charge in [0.1, 0.15) is 0 Å².